The molecule has 3 aliphatic heterocycles. The summed E-state index contributed by atoms with van der Waals surface area (Å²) < 4.78 is 67.6. The smallest absolute Gasteiger partial charge is 0.378 e. The second kappa shape index (κ2) is 10.2. The normalized spacial score (nSPS) is 29.3. The minimum atomic E-state index is -4.56. The number of piperidine rings is 1. The van der Waals surface area contributed by atoms with Crippen molar-refractivity contribution in [3.8, 4) is 10.7 Å². The summed E-state index contributed by atoms with van der Waals surface area (Å²) in [6, 6.07) is 4.18. The first-order chi connectivity index (χ1) is 18.7. The number of thioether (sulfide) groups is 1. The summed E-state index contributed by atoms with van der Waals surface area (Å²) >= 11 is 0.869. The first kappa shape index (κ1) is 26.8. The van der Waals surface area contributed by atoms with Crippen molar-refractivity contribution >= 4 is 44.8 Å². The molecule has 6 rings (SSSR count). The van der Waals surface area contributed by atoms with Crippen molar-refractivity contribution in [2.24, 2.45) is 0 Å². The van der Waals surface area contributed by atoms with Crippen LogP contribution in [-0.2, 0) is 9.53 Å². The molecule has 6 atom stereocenters. The van der Waals surface area contributed by atoms with Crippen molar-refractivity contribution in [1.29, 1.82) is 0 Å². The molecule has 0 spiro atoms. The molecule has 3 saturated heterocycles. The van der Waals surface area contributed by atoms with E-state index in [4.69, 9.17) is 9.26 Å². The molecule has 2 N–H and O–H groups in total. The zero-order chi connectivity index (χ0) is 27.5. The number of nitrogens with zero attached hydrogens (tertiary/aromatic N) is 3. The third-order valence-electron chi connectivity index (χ3n) is 7.85. The fraction of sp³-hybridized carbons (Fsp3) is 0.560. The van der Waals surface area contributed by atoms with Crippen molar-refractivity contribution in [2.45, 2.75) is 79.5 Å². The molecule has 0 aliphatic carbocycles. The molecule has 3 fully saturated rings. The Hall–Kier alpha value is -2.42. The number of carbonyl (C=O) groups excluding carboxylic acids is 1. The van der Waals surface area contributed by atoms with E-state index < -0.39 is 29.9 Å². The van der Waals surface area contributed by atoms with Gasteiger partial charge < -0.3 is 19.9 Å². The number of halogens is 4. The summed E-state index contributed by atoms with van der Waals surface area (Å²) in [5.74, 6) is -0.232. The van der Waals surface area contributed by atoms with Gasteiger partial charge >= 0.3 is 5.51 Å². The average molecular weight is 586 g/mol. The lowest BCUT2D eigenvalue weighted by molar-refractivity contribution is -0.127. The molecule has 14 heteroatoms. The Kier molecular flexibility index (Phi) is 7.01. The lowest BCUT2D eigenvalue weighted by atomic mass is 9.95. The maximum absolute atomic E-state index is 15.5. The summed E-state index contributed by atoms with van der Waals surface area (Å²) in [6.07, 6.45) is 0.908. The number of alkyl halides is 4. The molecule has 3 aliphatic rings. The molecular weight excluding hydrogens is 558 g/mol. The monoisotopic (exact) mass is 585 g/mol. The Labute approximate surface area is 229 Å². The predicted octanol–water partition coefficient (Wildman–Crippen LogP) is 5.51. The van der Waals surface area contributed by atoms with Crippen LogP contribution < -0.4 is 10.6 Å². The molecular formula is C25H27F4N5O3S2. The lowest BCUT2D eigenvalue weighted by Gasteiger charge is -2.41. The first-order valence-corrected chi connectivity index (χ1v) is 14.4. The van der Waals surface area contributed by atoms with Crippen LogP contribution in [0, 0.1) is 0 Å². The largest absolute Gasteiger partial charge is 0.446 e. The van der Waals surface area contributed by atoms with Gasteiger partial charge in [-0.25, -0.2) is 4.39 Å². The molecule has 2 bridgehead atoms. The number of benzene rings is 1. The van der Waals surface area contributed by atoms with Gasteiger partial charge in [0, 0.05) is 35.9 Å². The topological polar surface area (TPSA) is 92.5 Å². The van der Waals surface area contributed by atoms with Crippen molar-refractivity contribution in [1.82, 2.24) is 20.4 Å². The van der Waals surface area contributed by atoms with Gasteiger partial charge in [-0.3, -0.25) is 9.69 Å². The molecule has 0 unspecified atom stereocenters. The van der Waals surface area contributed by atoms with E-state index in [0.717, 1.165) is 30.7 Å². The van der Waals surface area contributed by atoms with Crippen LogP contribution in [0.4, 0.5) is 23.2 Å². The predicted molar refractivity (Wildman–Crippen MR) is 139 cm³/mol. The molecule has 1 amide bonds. The summed E-state index contributed by atoms with van der Waals surface area (Å²) in [7, 11) is 1.42. The number of hydrogen-bond donors (Lipinski definition) is 2. The number of ether oxygens (including phenoxy) is 1. The maximum Gasteiger partial charge on any atom is 0.446 e. The van der Waals surface area contributed by atoms with E-state index in [2.05, 4.69) is 25.7 Å². The molecule has 2 aromatic heterocycles. The highest BCUT2D eigenvalue weighted by Crippen LogP contribution is 2.51. The second-order valence-electron chi connectivity index (χ2n) is 10.0. The maximum atomic E-state index is 15.5. The Morgan fingerprint density at radius 1 is 1.31 bits per heavy atom. The van der Waals surface area contributed by atoms with Crippen LogP contribution >= 0.6 is 23.1 Å². The van der Waals surface area contributed by atoms with Gasteiger partial charge in [-0.15, -0.1) is 11.3 Å². The van der Waals surface area contributed by atoms with E-state index in [-0.39, 0.29) is 51.6 Å². The Morgan fingerprint density at radius 3 is 2.85 bits per heavy atom. The van der Waals surface area contributed by atoms with Gasteiger partial charge in [-0.05, 0) is 43.6 Å². The van der Waals surface area contributed by atoms with Crippen LogP contribution in [0.2, 0.25) is 0 Å². The summed E-state index contributed by atoms with van der Waals surface area (Å²) in [5.41, 5.74) is -3.97. The van der Waals surface area contributed by atoms with Gasteiger partial charge in [0.1, 0.15) is 18.3 Å². The molecule has 0 radical (unpaired) electrons. The highest BCUT2D eigenvalue weighted by Gasteiger charge is 2.47. The van der Waals surface area contributed by atoms with Gasteiger partial charge in [-0.1, -0.05) is 24.2 Å². The highest BCUT2D eigenvalue weighted by atomic mass is 32.2. The number of anilines is 1. The Morgan fingerprint density at radius 2 is 2.13 bits per heavy atom. The summed E-state index contributed by atoms with van der Waals surface area (Å²) in [5, 5.41) is 10.4. The number of fused-ring (bicyclic) bond motifs is 3. The van der Waals surface area contributed by atoms with Gasteiger partial charge in [0.05, 0.1) is 21.3 Å². The van der Waals surface area contributed by atoms with Gasteiger partial charge in [0.15, 0.2) is 0 Å². The number of amides is 1. The van der Waals surface area contributed by atoms with Crippen molar-refractivity contribution < 1.29 is 31.6 Å². The highest BCUT2D eigenvalue weighted by molar-refractivity contribution is 8.00. The lowest BCUT2D eigenvalue weighted by Crippen LogP contribution is -2.54. The van der Waals surface area contributed by atoms with Crippen molar-refractivity contribution in [3.63, 3.8) is 0 Å². The van der Waals surface area contributed by atoms with Gasteiger partial charge in [-0.2, -0.15) is 18.2 Å². The van der Waals surface area contributed by atoms with E-state index in [0.29, 0.717) is 28.2 Å². The molecule has 39 heavy (non-hydrogen) atoms. The third kappa shape index (κ3) is 4.89. The van der Waals surface area contributed by atoms with Crippen LogP contribution in [0.1, 0.15) is 44.5 Å². The first-order valence-electron chi connectivity index (χ1n) is 12.8. The van der Waals surface area contributed by atoms with E-state index in [9.17, 15) is 18.0 Å². The summed E-state index contributed by atoms with van der Waals surface area (Å²) in [4.78, 5) is 18.7. The SMILES string of the molecule is CCN1[C@@H]2CC[C@H]1[C@H](F)[C@H](Nc1cccc3c(SC(F)(F)F)c(-c4noc([C@H]5C[C@H](OC)C(=O)N5)n4)sc13)C2. The van der Waals surface area contributed by atoms with E-state index in [1.807, 2.05) is 6.92 Å². The fourth-order valence-electron chi connectivity index (χ4n) is 6.14. The van der Waals surface area contributed by atoms with Crippen LogP contribution in [0.3, 0.4) is 0 Å². The van der Waals surface area contributed by atoms with E-state index >= 15 is 4.39 Å². The van der Waals surface area contributed by atoms with E-state index in [1.165, 1.54) is 7.11 Å². The standard InChI is InChI=1S/C25H27F4N5O3S2/c1-3-34-11-7-8-16(34)18(26)14(9-11)30-13-6-4-5-12-19(13)38-21(20(12)39-25(27,28)29)22-32-24(37-33-22)15-10-17(36-2)23(35)31-15/h4-6,11,14-18,30H,3,7-10H2,1-2H3,(H,31,35)/t11-,14-,15-,16+,17+,18-/m1/s1. The van der Waals surface area contributed by atoms with Crippen LogP contribution in [0.25, 0.3) is 20.8 Å². The number of aromatic nitrogens is 2. The molecule has 3 aromatic rings. The number of nitrogens with one attached hydrogen (secondary N) is 2. The fourth-order valence-corrected chi connectivity index (χ4v) is 8.25. The quantitative estimate of drug-likeness (QED) is 0.277. The second-order valence-corrected chi connectivity index (χ2v) is 12.1. The van der Waals surface area contributed by atoms with Crippen LogP contribution in [0.15, 0.2) is 27.6 Å². The van der Waals surface area contributed by atoms with E-state index in [1.54, 1.807) is 18.2 Å². The van der Waals surface area contributed by atoms with Gasteiger partial charge in [0.2, 0.25) is 17.6 Å². The number of hydrogen-bond acceptors (Lipinski definition) is 9. The third-order valence-corrected chi connectivity index (χ3v) is 10.1. The van der Waals surface area contributed by atoms with Gasteiger partial charge in [0.25, 0.3) is 0 Å². The van der Waals surface area contributed by atoms with Crippen molar-refractivity contribution in [3.05, 3.63) is 24.1 Å². The number of rotatable bonds is 7. The number of methoxy groups -OCH3 is 1. The molecule has 1 aromatic carbocycles. The molecule has 210 valence electrons. The van der Waals surface area contributed by atoms with Crippen molar-refractivity contribution in [2.75, 3.05) is 19.0 Å². The van der Waals surface area contributed by atoms with Crippen LogP contribution in [-0.4, -0.2) is 70.5 Å². The zero-order valence-electron chi connectivity index (χ0n) is 21.1. The summed E-state index contributed by atoms with van der Waals surface area (Å²) in [6.45, 7) is 2.84. The minimum Gasteiger partial charge on any atom is -0.378 e. The Bertz CT molecular complexity index is 1380. The molecule has 8 nitrogen and oxygen atoms in total. The molecule has 5 heterocycles. The zero-order valence-corrected chi connectivity index (χ0v) is 22.8. The van der Waals surface area contributed by atoms with Crippen LogP contribution in [0.5, 0.6) is 0 Å². The average Bonchev–Trinajstić information content (AvgIpc) is 3.66. The minimum absolute atomic E-state index is 0.00307. The number of thiophene rings is 1. The molecule has 0 saturated carbocycles. The number of carbonyl (C=O) groups is 1. The Balaban J connectivity index is 1.35.